The summed E-state index contributed by atoms with van der Waals surface area (Å²) < 4.78 is 6.95. The van der Waals surface area contributed by atoms with Crippen LogP contribution in [0, 0.1) is 0 Å². The smallest absolute Gasteiger partial charge is 0.221 e. The number of tetrazole rings is 1. The van der Waals surface area contributed by atoms with E-state index >= 15 is 0 Å². The van der Waals surface area contributed by atoms with Crippen molar-refractivity contribution in [2.75, 3.05) is 12.9 Å². The Labute approximate surface area is 139 Å². The molecular formula is C15H21N5O2S. The summed E-state index contributed by atoms with van der Waals surface area (Å²) in [5, 5.41) is 15.3. The maximum atomic E-state index is 11.8. The number of rotatable bonds is 6. The van der Waals surface area contributed by atoms with Gasteiger partial charge >= 0.3 is 0 Å². The third-order valence-corrected chi connectivity index (χ3v) is 3.75. The monoisotopic (exact) mass is 335 g/mol. The molecule has 1 amide bonds. The maximum Gasteiger partial charge on any atom is 0.221 e. The van der Waals surface area contributed by atoms with E-state index in [0.29, 0.717) is 23.1 Å². The Hall–Kier alpha value is -2.09. The molecule has 1 N–H and O–H groups in total. The zero-order valence-electron chi connectivity index (χ0n) is 13.7. The van der Waals surface area contributed by atoms with Gasteiger partial charge < -0.3 is 10.1 Å². The van der Waals surface area contributed by atoms with Crippen molar-refractivity contribution in [2.45, 2.75) is 37.9 Å². The van der Waals surface area contributed by atoms with Gasteiger partial charge in [-0.3, -0.25) is 4.79 Å². The Morgan fingerprint density at radius 3 is 2.78 bits per heavy atom. The summed E-state index contributed by atoms with van der Waals surface area (Å²) in [6.45, 7) is 5.88. The lowest BCUT2D eigenvalue weighted by molar-refractivity contribution is -0.122. The number of methoxy groups -OCH3 is 1. The van der Waals surface area contributed by atoms with E-state index in [1.807, 2.05) is 45.0 Å². The first-order chi connectivity index (χ1) is 10.9. The Balaban J connectivity index is 2.01. The number of thioether (sulfide) groups is 1. The van der Waals surface area contributed by atoms with Gasteiger partial charge in [0, 0.05) is 17.7 Å². The lowest BCUT2D eigenvalue weighted by Crippen LogP contribution is -2.40. The SMILES string of the molecule is COc1ccccc1-n1nnnc1SCCC(=O)NC(C)(C)C. The quantitative estimate of drug-likeness (QED) is 0.814. The zero-order valence-corrected chi connectivity index (χ0v) is 14.6. The van der Waals surface area contributed by atoms with E-state index in [2.05, 4.69) is 20.8 Å². The topological polar surface area (TPSA) is 81.9 Å². The van der Waals surface area contributed by atoms with Gasteiger partial charge in [-0.1, -0.05) is 23.9 Å². The van der Waals surface area contributed by atoms with E-state index in [9.17, 15) is 4.79 Å². The number of nitrogens with one attached hydrogen (secondary N) is 1. The van der Waals surface area contributed by atoms with Gasteiger partial charge in [0.25, 0.3) is 0 Å². The van der Waals surface area contributed by atoms with Crippen molar-refractivity contribution in [3.05, 3.63) is 24.3 Å². The summed E-state index contributed by atoms with van der Waals surface area (Å²) in [5.74, 6) is 1.30. The minimum absolute atomic E-state index is 0.0151. The summed E-state index contributed by atoms with van der Waals surface area (Å²) in [5.41, 5.74) is 0.544. The summed E-state index contributed by atoms with van der Waals surface area (Å²) >= 11 is 1.43. The molecule has 7 nitrogen and oxygen atoms in total. The average molecular weight is 335 g/mol. The van der Waals surface area contributed by atoms with Crippen LogP contribution in [0.3, 0.4) is 0 Å². The lowest BCUT2D eigenvalue weighted by atomic mass is 10.1. The predicted molar refractivity (Wildman–Crippen MR) is 88.9 cm³/mol. The van der Waals surface area contributed by atoms with Gasteiger partial charge in [-0.05, 0) is 43.3 Å². The largest absolute Gasteiger partial charge is 0.494 e. The van der Waals surface area contributed by atoms with E-state index in [1.165, 1.54) is 11.8 Å². The van der Waals surface area contributed by atoms with E-state index in [4.69, 9.17) is 4.74 Å². The molecule has 0 spiro atoms. The molecule has 2 aromatic rings. The molecule has 23 heavy (non-hydrogen) atoms. The Morgan fingerprint density at radius 1 is 1.35 bits per heavy atom. The Kier molecular flexibility index (Phi) is 5.59. The number of carbonyl (C=O) groups excluding carboxylic acids is 1. The molecule has 124 valence electrons. The third kappa shape index (κ3) is 4.95. The fourth-order valence-corrected chi connectivity index (χ4v) is 2.76. The number of nitrogens with zero attached hydrogens (tertiary/aromatic N) is 4. The number of ether oxygens (including phenoxy) is 1. The standard InChI is InChI=1S/C15H21N5O2S/c1-15(2,3)16-13(21)9-10-23-14-17-18-19-20(14)11-7-5-6-8-12(11)22-4/h5-8H,9-10H2,1-4H3,(H,16,21). The van der Waals surface area contributed by atoms with E-state index in [-0.39, 0.29) is 11.4 Å². The van der Waals surface area contributed by atoms with Gasteiger partial charge in [0.2, 0.25) is 11.1 Å². The van der Waals surface area contributed by atoms with Crippen LogP contribution in [0.1, 0.15) is 27.2 Å². The highest BCUT2D eigenvalue weighted by Crippen LogP contribution is 2.25. The van der Waals surface area contributed by atoms with Crippen molar-refractivity contribution in [1.82, 2.24) is 25.5 Å². The van der Waals surface area contributed by atoms with Gasteiger partial charge in [0.05, 0.1) is 7.11 Å². The van der Waals surface area contributed by atoms with Gasteiger partial charge in [0.1, 0.15) is 11.4 Å². The Morgan fingerprint density at radius 2 is 2.09 bits per heavy atom. The number of carbonyl (C=O) groups is 1. The summed E-state index contributed by atoms with van der Waals surface area (Å²) in [4.78, 5) is 11.8. The third-order valence-electron chi connectivity index (χ3n) is 2.83. The average Bonchev–Trinajstić information content (AvgIpc) is 2.93. The molecule has 0 saturated heterocycles. The highest BCUT2D eigenvalue weighted by molar-refractivity contribution is 7.99. The van der Waals surface area contributed by atoms with Gasteiger partial charge in [0.15, 0.2) is 0 Å². The van der Waals surface area contributed by atoms with Crippen molar-refractivity contribution in [1.29, 1.82) is 0 Å². The molecule has 0 aliphatic heterocycles. The molecule has 0 radical (unpaired) electrons. The number of hydrogen-bond donors (Lipinski definition) is 1. The second kappa shape index (κ2) is 7.45. The van der Waals surface area contributed by atoms with Crippen molar-refractivity contribution in [3.63, 3.8) is 0 Å². The Bertz CT molecular complexity index is 666. The van der Waals surface area contributed by atoms with E-state index in [1.54, 1.807) is 11.8 Å². The van der Waals surface area contributed by atoms with Crippen molar-refractivity contribution in [2.24, 2.45) is 0 Å². The van der Waals surface area contributed by atoms with Crippen LogP contribution < -0.4 is 10.1 Å². The molecule has 0 unspecified atom stereocenters. The normalized spacial score (nSPS) is 11.3. The first-order valence-electron chi connectivity index (χ1n) is 7.26. The van der Waals surface area contributed by atoms with Crippen LogP contribution in [0.15, 0.2) is 29.4 Å². The molecule has 1 heterocycles. The second-order valence-electron chi connectivity index (χ2n) is 5.94. The predicted octanol–water partition coefficient (Wildman–Crippen LogP) is 2.07. The highest BCUT2D eigenvalue weighted by Gasteiger charge is 2.16. The van der Waals surface area contributed by atoms with Crippen LogP contribution in [-0.2, 0) is 4.79 Å². The molecule has 8 heteroatoms. The number of para-hydroxylation sites is 2. The van der Waals surface area contributed by atoms with Crippen LogP contribution >= 0.6 is 11.8 Å². The van der Waals surface area contributed by atoms with Crippen molar-refractivity contribution in [3.8, 4) is 11.4 Å². The molecule has 1 aromatic carbocycles. The van der Waals surface area contributed by atoms with Crippen molar-refractivity contribution >= 4 is 17.7 Å². The van der Waals surface area contributed by atoms with E-state index < -0.39 is 0 Å². The molecule has 1 aromatic heterocycles. The van der Waals surface area contributed by atoms with Gasteiger partial charge in [-0.15, -0.1) is 5.10 Å². The van der Waals surface area contributed by atoms with Crippen LogP contribution in [-0.4, -0.2) is 44.5 Å². The summed E-state index contributed by atoms with van der Waals surface area (Å²) in [7, 11) is 1.60. The van der Waals surface area contributed by atoms with Crippen LogP contribution in [0.5, 0.6) is 5.75 Å². The first kappa shape index (κ1) is 17.3. The molecule has 0 aliphatic rings. The van der Waals surface area contributed by atoms with E-state index in [0.717, 1.165) is 5.69 Å². The number of hydrogen-bond acceptors (Lipinski definition) is 6. The number of aromatic nitrogens is 4. The molecule has 2 rings (SSSR count). The molecule has 0 fully saturated rings. The minimum atomic E-state index is -0.221. The van der Waals surface area contributed by atoms with Crippen LogP contribution in [0.25, 0.3) is 5.69 Å². The highest BCUT2D eigenvalue weighted by atomic mass is 32.2. The van der Waals surface area contributed by atoms with Gasteiger partial charge in [-0.2, -0.15) is 4.68 Å². The number of benzene rings is 1. The summed E-state index contributed by atoms with van der Waals surface area (Å²) in [6.07, 6.45) is 0.403. The second-order valence-corrected chi connectivity index (χ2v) is 7.00. The van der Waals surface area contributed by atoms with Crippen LogP contribution in [0.2, 0.25) is 0 Å². The molecule has 0 aliphatic carbocycles. The maximum absolute atomic E-state index is 11.8. The summed E-state index contributed by atoms with van der Waals surface area (Å²) in [6, 6.07) is 7.51. The molecular weight excluding hydrogens is 314 g/mol. The lowest BCUT2D eigenvalue weighted by Gasteiger charge is -2.20. The fraction of sp³-hybridized carbons (Fsp3) is 0.467. The van der Waals surface area contributed by atoms with Gasteiger partial charge in [-0.25, -0.2) is 0 Å². The molecule has 0 atom stereocenters. The van der Waals surface area contributed by atoms with Crippen molar-refractivity contribution < 1.29 is 9.53 Å². The first-order valence-corrected chi connectivity index (χ1v) is 8.25. The fourth-order valence-electron chi connectivity index (χ4n) is 1.94. The molecule has 0 bridgehead atoms. The molecule has 0 saturated carbocycles. The van der Waals surface area contributed by atoms with Crippen LogP contribution in [0.4, 0.5) is 0 Å². The minimum Gasteiger partial charge on any atom is -0.494 e. The number of amides is 1. The zero-order chi connectivity index (χ0) is 16.9.